The highest BCUT2D eigenvalue weighted by molar-refractivity contribution is 5.94. The summed E-state index contributed by atoms with van der Waals surface area (Å²) in [5, 5.41) is 6.15. The van der Waals surface area contributed by atoms with Crippen molar-refractivity contribution in [2.75, 3.05) is 5.32 Å². The number of benzene rings is 2. The number of rotatable bonds is 8. The number of nitrogens with one attached hydrogen (secondary N) is 2. The maximum absolute atomic E-state index is 12.5. The summed E-state index contributed by atoms with van der Waals surface area (Å²) in [6, 6.07) is 16.6. The molecule has 0 fully saturated rings. The molecule has 6 heteroatoms. The Hall–Kier alpha value is -3.12. The predicted molar refractivity (Wildman–Crippen MR) is 128 cm³/mol. The van der Waals surface area contributed by atoms with E-state index >= 15 is 0 Å². The SMILES string of the molecule is CC.CC.CCn1cncc1CNC(C)C(=O)Nc1cccc(Oc2ccccc2)c1. The van der Waals surface area contributed by atoms with Crippen molar-refractivity contribution >= 4 is 11.6 Å². The number of carbonyl (C=O) groups is 1. The van der Waals surface area contributed by atoms with Crippen LogP contribution in [0.2, 0.25) is 0 Å². The van der Waals surface area contributed by atoms with Crippen LogP contribution in [0.15, 0.2) is 67.1 Å². The van der Waals surface area contributed by atoms with Crippen LogP contribution >= 0.6 is 0 Å². The number of amides is 1. The molecule has 3 rings (SSSR count). The molecular weight excluding hydrogens is 388 g/mol. The number of imidazole rings is 1. The monoisotopic (exact) mass is 424 g/mol. The van der Waals surface area contributed by atoms with E-state index in [2.05, 4.69) is 22.5 Å². The van der Waals surface area contributed by atoms with Gasteiger partial charge in [0, 0.05) is 31.0 Å². The minimum atomic E-state index is -0.344. The van der Waals surface area contributed by atoms with Gasteiger partial charge in [0.2, 0.25) is 5.91 Å². The average Bonchev–Trinajstić information content (AvgIpc) is 3.28. The van der Waals surface area contributed by atoms with Gasteiger partial charge in [-0.25, -0.2) is 4.98 Å². The van der Waals surface area contributed by atoms with Crippen molar-refractivity contribution < 1.29 is 9.53 Å². The van der Waals surface area contributed by atoms with E-state index in [4.69, 9.17) is 4.74 Å². The number of anilines is 1. The first kappa shape index (κ1) is 25.9. The van der Waals surface area contributed by atoms with Crippen LogP contribution in [-0.2, 0) is 17.9 Å². The molecule has 0 saturated carbocycles. The number of para-hydroxylation sites is 1. The molecule has 0 spiro atoms. The molecule has 6 nitrogen and oxygen atoms in total. The normalized spacial score (nSPS) is 10.6. The van der Waals surface area contributed by atoms with Gasteiger partial charge in [0.1, 0.15) is 11.5 Å². The van der Waals surface area contributed by atoms with E-state index in [9.17, 15) is 4.79 Å². The highest BCUT2D eigenvalue weighted by Crippen LogP contribution is 2.23. The van der Waals surface area contributed by atoms with Crippen molar-refractivity contribution in [1.82, 2.24) is 14.9 Å². The van der Waals surface area contributed by atoms with E-state index in [-0.39, 0.29) is 11.9 Å². The molecule has 2 aromatic carbocycles. The van der Waals surface area contributed by atoms with E-state index in [1.54, 1.807) is 6.33 Å². The molecule has 1 unspecified atom stereocenters. The first-order chi connectivity index (χ1) is 15.2. The van der Waals surface area contributed by atoms with Crippen LogP contribution in [0.4, 0.5) is 5.69 Å². The highest BCUT2D eigenvalue weighted by atomic mass is 16.5. The number of aryl methyl sites for hydroxylation is 1. The van der Waals surface area contributed by atoms with Gasteiger partial charge in [-0.2, -0.15) is 0 Å². The smallest absolute Gasteiger partial charge is 0.241 e. The summed E-state index contributed by atoms with van der Waals surface area (Å²) in [6.07, 6.45) is 3.60. The van der Waals surface area contributed by atoms with Crippen LogP contribution in [-0.4, -0.2) is 21.5 Å². The standard InChI is InChI=1S/C21H24N4O2.2C2H6/c1-3-25-15-22-13-18(25)14-23-16(2)21(26)24-17-8-7-11-20(12-17)27-19-9-5-4-6-10-19;2*1-2/h4-13,15-16,23H,3,14H2,1-2H3,(H,24,26);2*1-2H3. The Morgan fingerprint density at radius 1 is 1.03 bits per heavy atom. The molecule has 0 aliphatic carbocycles. The second-order valence-corrected chi connectivity index (χ2v) is 6.21. The van der Waals surface area contributed by atoms with Gasteiger partial charge in [0.05, 0.1) is 18.1 Å². The zero-order chi connectivity index (χ0) is 23.1. The Morgan fingerprint density at radius 3 is 2.39 bits per heavy atom. The molecule has 168 valence electrons. The molecule has 0 aliphatic rings. The van der Waals surface area contributed by atoms with E-state index in [0.29, 0.717) is 18.0 Å². The second kappa shape index (κ2) is 14.8. The van der Waals surface area contributed by atoms with E-state index in [0.717, 1.165) is 18.0 Å². The lowest BCUT2D eigenvalue weighted by Gasteiger charge is -2.15. The van der Waals surface area contributed by atoms with Crippen molar-refractivity contribution in [2.45, 2.75) is 60.7 Å². The van der Waals surface area contributed by atoms with Gasteiger partial charge < -0.3 is 19.9 Å². The molecule has 2 N–H and O–H groups in total. The average molecular weight is 425 g/mol. The van der Waals surface area contributed by atoms with Gasteiger partial charge in [-0.1, -0.05) is 52.0 Å². The van der Waals surface area contributed by atoms with E-state index < -0.39 is 0 Å². The zero-order valence-electron chi connectivity index (χ0n) is 19.6. The molecule has 3 aromatic rings. The lowest BCUT2D eigenvalue weighted by molar-refractivity contribution is -0.117. The quantitative estimate of drug-likeness (QED) is 0.475. The Bertz CT molecular complexity index is 878. The molecule has 1 amide bonds. The van der Waals surface area contributed by atoms with Gasteiger partial charge in [0.25, 0.3) is 0 Å². The summed E-state index contributed by atoms with van der Waals surface area (Å²) < 4.78 is 7.85. The lowest BCUT2D eigenvalue weighted by Crippen LogP contribution is -2.38. The predicted octanol–water partition coefficient (Wildman–Crippen LogP) is 5.86. The number of nitrogens with zero attached hydrogens (tertiary/aromatic N) is 2. The zero-order valence-corrected chi connectivity index (χ0v) is 19.6. The van der Waals surface area contributed by atoms with Gasteiger partial charge in [-0.15, -0.1) is 0 Å². The Kier molecular flexibility index (Phi) is 12.4. The van der Waals surface area contributed by atoms with Crippen LogP contribution in [0.1, 0.15) is 47.2 Å². The third-order valence-corrected chi connectivity index (χ3v) is 4.20. The third-order valence-electron chi connectivity index (χ3n) is 4.20. The van der Waals surface area contributed by atoms with Crippen molar-refractivity contribution in [3.8, 4) is 11.5 Å². The van der Waals surface area contributed by atoms with Gasteiger partial charge in [-0.05, 0) is 38.1 Å². The summed E-state index contributed by atoms with van der Waals surface area (Å²) >= 11 is 0. The Morgan fingerprint density at radius 2 is 1.71 bits per heavy atom. The second-order valence-electron chi connectivity index (χ2n) is 6.21. The van der Waals surface area contributed by atoms with Gasteiger partial charge in [-0.3, -0.25) is 4.79 Å². The Labute approximate surface area is 186 Å². The van der Waals surface area contributed by atoms with Crippen molar-refractivity contribution in [3.63, 3.8) is 0 Å². The van der Waals surface area contributed by atoms with Crippen LogP contribution in [0.5, 0.6) is 11.5 Å². The summed E-state index contributed by atoms with van der Waals surface area (Å²) in [5.74, 6) is 1.32. The molecule has 1 atom stereocenters. The third kappa shape index (κ3) is 8.64. The molecule has 0 aliphatic heterocycles. The maximum Gasteiger partial charge on any atom is 0.241 e. The number of carbonyl (C=O) groups excluding carboxylic acids is 1. The first-order valence-electron chi connectivity index (χ1n) is 11.0. The fraction of sp³-hybridized carbons (Fsp3) is 0.360. The minimum Gasteiger partial charge on any atom is -0.457 e. The van der Waals surface area contributed by atoms with E-state index in [1.165, 1.54) is 0 Å². The molecule has 0 radical (unpaired) electrons. The summed E-state index contributed by atoms with van der Waals surface area (Å²) in [4.78, 5) is 16.6. The van der Waals surface area contributed by atoms with Crippen molar-refractivity contribution in [3.05, 3.63) is 72.8 Å². The topological polar surface area (TPSA) is 68.2 Å². The maximum atomic E-state index is 12.5. The van der Waals surface area contributed by atoms with Gasteiger partial charge in [0.15, 0.2) is 0 Å². The molecule has 0 saturated heterocycles. The first-order valence-corrected chi connectivity index (χ1v) is 11.0. The lowest BCUT2D eigenvalue weighted by atomic mass is 10.2. The van der Waals surface area contributed by atoms with Crippen molar-refractivity contribution in [1.29, 1.82) is 0 Å². The number of hydrogen-bond acceptors (Lipinski definition) is 4. The molecule has 1 aromatic heterocycles. The van der Waals surface area contributed by atoms with Crippen LogP contribution in [0.25, 0.3) is 0 Å². The molecule has 1 heterocycles. The summed E-state index contributed by atoms with van der Waals surface area (Å²) in [5.41, 5.74) is 1.75. The van der Waals surface area contributed by atoms with E-state index in [1.807, 2.05) is 100.0 Å². The Balaban J connectivity index is 0.00000113. The fourth-order valence-corrected chi connectivity index (χ4v) is 2.64. The number of aromatic nitrogens is 2. The van der Waals surface area contributed by atoms with Gasteiger partial charge >= 0.3 is 0 Å². The summed E-state index contributed by atoms with van der Waals surface area (Å²) in [7, 11) is 0. The van der Waals surface area contributed by atoms with Crippen LogP contribution in [0.3, 0.4) is 0 Å². The van der Waals surface area contributed by atoms with Crippen LogP contribution < -0.4 is 15.4 Å². The van der Waals surface area contributed by atoms with Crippen LogP contribution in [0, 0.1) is 0 Å². The van der Waals surface area contributed by atoms with Crippen molar-refractivity contribution in [2.24, 2.45) is 0 Å². The highest BCUT2D eigenvalue weighted by Gasteiger charge is 2.13. The molecular formula is C25H36N4O2. The molecule has 0 bridgehead atoms. The largest absolute Gasteiger partial charge is 0.457 e. The number of ether oxygens (including phenoxy) is 1. The number of hydrogen-bond donors (Lipinski definition) is 2. The molecule has 31 heavy (non-hydrogen) atoms. The minimum absolute atomic E-state index is 0.102. The fourth-order valence-electron chi connectivity index (χ4n) is 2.64. The summed E-state index contributed by atoms with van der Waals surface area (Å²) in [6.45, 7) is 13.3.